The van der Waals surface area contributed by atoms with Crippen molar-refractivity contribution in [2.75, 3.05) is 6.61 Å². The van der Waals surface area contributed by atoms with E-state index in [0.717, 1.165) is 17.8 Å². The molecule has 1 fully saturated rings. The summed E-state index contributed by atoms with van der Waals surface area (Å²) in [5.41, 5.74) is 3.18. The lowest BCUT2D eigenvalue weighted by Gasteiger charge is -2.24. The Morgan fingerprint density at radius 2 is 2.00 bits per heavy atom. The van der Waals surface area contributed by atoms with E-state index in [-0.39, 0.29) is 0 Å². The van der Waals surface area contributed by atoms with Crippen LogP contribution in [0, 0.1) is 5.92 Å². The molecule has 0 aromatic heterocycles. The quantitative estimate of drug-likeness (QED) is 0.408. The molecule has 2 heteroatoms. The number of hydrogen-bond donors (Lipinski definition) is 0. The van der Waals surface area contributed by atoms with Gasteiger partial charge in [-0.3, -0.25) is 0 Å². The summed E-state index contributed by atoms with van der Waals surface area (Å²) in [5, 5.41) is 0.763. The highest BCUT2D eigenvalue weighted by Gasteiger charge is 2.33. The minimum Gasteiger partial charge on any atom is -0.315 e. The van der Waals surface area contributed by atoms with Crippen LogP contribution in [0.15, 0.2) is 11.1 Å². The highest BCUT2D eigenvalue weighted by molar-refractivity contribution is 7.95. The fraction of sp³-hybridized carbons (Fsp3) is 0.778. The van der Waals surface area contributed by atoms with Crippen LogP contribution < -0.4 is 0 Å². The Morgan fingerprint density at radius 3 is 2.82 bits per heavy atom. The molecule has 0 unspecified atom stereocenters. The summed E-state index contributed by atoms with van der Waals surface area (Å²) < 4.78 is 5.38. The first kappa shape index (κ1) is 7.69. The Balaban J connectivity index is 2.14. The van der Waals surface area contributed by atoms with Gasteiger partial charge >= 0.3 is 0 Å². The van der Waals surface area contributed by atoms with E-state index >= 15 is 0 Å². The zero-order valence-corrected chi connectivity index (χ0v) is 7.91. The average molecular weight is 170 g/mol. The molecule has 0 amide bonds. The standard InChI is InChI=1S/C9H14OS/c1-6-3-8-5-10-11-9(8)4-7(6)2/h8-9H,3-5H2,1-2H3/t8-,9-/m1/s1. The van der Waals surface area contributed by atoms with Gasteiger partial charge in [0.05, 0.1) is 6.61 Å². The first-order chi connectivity index (χ1) is 5.27. The molecule has 1 nitrogen and oxygen atoms in total. The van der Waals surface area contributed by atoms with Crippen molar-refractivity contribution in [1.29, 1.82) is 0 Å². The molecule has 0 radical (unpaired) electrons. The third kappa shape index (κ3) is 1.34. The molecule has 1 aliphatic heterocycles. The van der Waals surface area contributed by atoms with Gasteiger partial charge in [0.25, 0.3) is 0 Å². The van der Waals surface area contributed by atoms with Crippen LogP contribution in [0.1, 0.15) is 26.7 Å². The van der Waals surface area contributed by atoms with Crippen molar-refractivity contribution >= 4 is 12.0 Å². The molecular formula is C9H14OS. The van der Waals surface area contributed by atoms with Crippen LogP contribution in [0.3, 0.4) is 0 Å². The Morgan fingerprint density at radius 1 is 1.27 bits per heavy atom. The molecule has 0 aromatic rings. The van der Waals surface area contributed by atoms with Gasteiger partial charge in [-0.1, -0.05) is 11.1 Å². The minimum atomic E-state index is 0.763. The van der Waals surface area contributed by atoms with Crippen molar-refractivity contribution in [3.05, 3.63) is 11.1 Å². The number of allylic oxidation sites excluding steroid dienone is 2. The first-order valence-electron chi connectivity index (χ1n) is 4.21. The molecule has 2 aliphatic rings. The lowest BCUT2D eigenvalue weighted by Crippen LogP contribution is -2.20. The van der Waals surface area contributed by atoms with E-state index in [9.17, 15) is 0 Å². The maximum absolute atomic E-state index is 5.38. The van der Waals surface area contributed by atoms with Crippen molar-refractivity contribution < 1.29 is 4.18 Å². The first-order valence-corrected chi connectivity index (χ1v) is 5.01. The van der Waals surface area contributed by atoms with Gasteiger partial charge in [0, 0.05) is 11.2 Å². The van der Waals surface area contributed by atoms with Crippen molar-refractivity contribution in [3.63, 3.8) is 0 Å². The van der Waals surface area contributed by atoms with Crippen LogP contribution in [0.25, 0.3) is 0 Å². The van der Waals surface area contributed by atoms with Gasteiger partial charge in [0.15, 0.2) is 0 Å². The van der Waals surface area contributed by atoms with Gasteiger partial charge in [-0.25, -0.2) is 0 Å². The van der Waals surface area contributed by atoms with Crippen LogP contribution in [0.5, 0.6) is 0 Å². The van der Waals surface area contributed by atoms with Crippen molar-refractivity contribution in [2.45, 2.75) is 31.9 Å². The zero-order chi connectivity index (χ0) is 7.84. The summed E-state index contributed by atoms with van der Waals surface area (Å²) >= 11 is 1.70. The normalized spacial score (nSPS) is 37.6. The van der Waals surface area contributed by atoms with E-state index in [1.807, 2.05) is 0 Å². The zero-order valence-electron chi connectivity index (χ0n) is 7.09. The SMILES string of the molecule is CC1=C(C)C[C@H]2SOC[C@H]2C1. The monoisotopic (exact) mass is 170 g/mol. The molecule has 11 heavy (non-hydrogen) atoms. The Hall–Kier alpha value is 0.0500. The minimum absolute atomic E-state index is 0.763. The molecule has 0 N–H and O–H groups in total. The summed E-state index contributed by atoms with van der Waals surface area (Å²) in [6, 6.07) is 0. The molecule has 2 atom stereocenters. The number of fused-ring (bicyclic) bond motifs is 1. The summed E-state index contributed by atoms with van der Waals surface area (Å²) in [5.74, 6) is 0.809. The van der Waals surface area contributed by atoms with Gasteiger partial charge in [-0.05, 0) is 38.7 Å². The second-order valence-electron chi connectivity index (χ2n) is 3.65. The Kier molecular flexibility index (Phi) is 1.98. The van der Waals surface area contributed by atoms with E-state index in [2.05, 4.69) is 13.8 Å². The highest BCUT2D eigenvalue weighted by atomic mass is 32.2. The fourth-order valence-corrected chi connectivity index (χ4v) is 2.91. The number of rotatable bonds is 0. The summed E-state index contributed by atoms with van der Waals surface area (Å²) in [7, 11) is 0. The molecule has 1 saturated heterocycles. The van der Waals surface area contributed by atoms with Gasteiger partial charge < -0.3 is 4.18 Å². The topological polar surface area (TPSA) is 9.23 Å². The molecule has 1 aliphatic carbocycles. The van der Waals surface area contributed by atoms with Crippen molar-refractivity contribution in [3.8, 4) is 0 Å². The molecular weight excluding hydrogens is 156 g/mol. The van der Waals surface area contributed by atoms with E-state index in [1.165, 1.54) is 12.8 Å². The molecule has 0 spiro atoms. The van der Waals surface area contributed by atoms with E-state index in [0.29, 0.717) is 0 Å². The Bertz CT molecular complexity index is 178. The molecule has 0 saturated carbocycles. The lowest BCUT2D eigenvalue weighted by atomic mass is 9.85. The summed E-state index contributed by atoms with van der Waals surface area (Å²) in [4.78, 5) is 0. The van der Waals surface area contributed by atoms with E-state index < -0.39 is 0 Å². The third-order valence-corrected chi connectivity index (χ3v) is 3.87. The maximum Gasteiger partial charge on any atom is 0.0656 e. The predicted octanol–water partition coefficient (Wildman–Crippen LogP) is 2.78. The van der Waals surface area contributed by atoms with Gasteiger partial charge in [-0.15, -0.1) is 0 Å². The van der Waals surface area contributed by atoms with E-state index in [1.54, 1.807) is 23.2 Å². The average Bonchev–Trinajstić information content (AvgIpc) is 2.36. The summed E-state index contributed by atoms with van der Waals surface area (Å²) in [6.07, 6.45) is 2.52. The maximum atomic E-state index is 5.38. The van der Waals surface area contributed by atoms with Crippen LogP contribution in [-0.4, -0.2) is 11.9 Å². The second kappa shape index (κ2) is 2.83. The molecule has 0 bridgehead atoms. The second-order valence-corrected chi connectivity index (χ2v) is 4.68. The summed E-state index contributed by atoms with van der Waals surface area (Å²) in [6.45, 7) is 5.49. The third-order valence-electron chi connectivity index (χ3n) is 2.80. The van der Waals surface area contributed by atoms with Crippen LogP contribution in [-0.2, 0) is 4.18 Å². The van der Waals surface area contributed by atoms with E-state index in [4.69, 9.17) is 4.18 Å². The fourth-order valence-electron chi connectivity index (χ4n) is 1.83. The smallest absolute Gasteiger partial charge is 0.0656 e. The van der Waals surface area contributed by atoms with Gasteiger partial charge in [0.2, 0.25) is 0 Å². The highest BCUT2D eigenvalue weighted by Crippen LogP contribution is 2.41. The van der Waals surface area contributed by atoms with Gasteiger partial charge in [0.1, 0.15) is 0 Å². The largest absolute Gasteiger partial charge is 0.315 e. The predicted molar refractivity (Wildman–Crippen MR) is 48.4 cm³/mol. The lowest BCUT2D eigenvalue weighted by molar-refractivity contribution is 0.320. The van der Waals surface area contributed by atoms with Crippen LogP contribution >= 0.6 is 12.0 Å². The number of hydrogen-bond acceptors (Lipinski definition) is 2. The van der Waals surface area contributed by atoms with Crippen molar-refractivity contribution in [2.24, 2.45) is 5.92 Å². The molecule has 1 heterocycles. The van der Waals surface area contributed by atoms with Gasteiger partial charge in [-0.2, -0.15) is 0 Å². The molecule has 62 valence electrons. The van der Waals surface area contributed by atoms with Crippen LogP contribution in [0.2, 0.25) is 0 Å². The molecule has 2 rings (SSSR count). The molecule has 0 aromatic carbocycles. The van der Waals surface area contributed by atoms with Crippen molar-refractivity contribution in [1.82, 2.24) is 0 Å². The van der Waals surface area contributed by atoms with Crippen LogP contribution in [0.4, 0.5) is 0 Å². The Labute approximate surface area is 72.4 Å².